The lowest BCUT2D eigenvalue weighted by atomic mass is 10.0. The lowest BCUT2D eigenvalue weighted by molar-refractivity contribution is 0.0263. The predicted octanol–water partition coefficient (Wildman–Crippen LogP) is 2.80. The van der Waals surface area contributed by atoms with E-state index in [1.54, 1.807) is 0 Å². The van der Waals surface area contributed by atoms with Crippen molar-refractivity contribution in [1.82, 2.24) is 15.1 Å². The van der Waals surface area contributed by atoms with E-state index in [0.717, 1.165) is 64.0 Å². The SMILES string of the molecule is CCNC(=NCCN1CCCC(C)C1)N1CCC(OCC)CC1.I. The molecule has 0 aromatic carbocycles. The molecular formula is C18H37IN4O. The van der Waals surface area contributed by atoms with Gasteiger partial charge < -0.3 is 19.9 Å². The number of hydrogen-bond donors (Lipinski definition) is 1. The summed E-state index contributed by atoms with van der Waals surface area (Å²) in [6, 6.07) is 0. The van der Waals surface area contributed by atoms with Gasteiger partial charge in [-0.1, -0.05) is 6.92 Å². The highest BCUT2D eigenvalue weighted by atomic mass is 127. The van der Waals surface area contributed by atoms with E-state index in [-0.39, 0.29) is 24.0 Å². The van der Waals surface area contributed by atoms with Crippen molar-refractivity contribution in [1.29, 1.82) is 0 Å². The van der Waals surface area contributed by atoms with Gasteiger partial charge in [0.05, 0.1) is 12.6 Å². The number of likely N-dealkylation sites (tertiary alicyclic amines) is 2. The molecule has 2 saturated heterocycles. The summed E-state index contributed by atoms with van der Waals surface area (Å²) in [6.07, 6.45) is 5.39. The number of nitrogens with one attached hydrogen (secondary N) is 1. The van der Waals surface area contributed by atoms with Crippen molar-refractivity contribution < 1.29 is 4.74 Å². The van der Waals surface area contributed by atoms with Gasteiger partial charge in [-0.2, -0.15) is 0 Å². The summed E-state index contributed by atoms with van der Waals surface area (Å²) < 4.78 is 5.75. The Morgan fingerprint density at radius 2 is 1.92 bits per heavy atom. The van der Waals surface area contributed by atoms with E-state index >= 15 is 0 Å². The van der Waals surface area contributed by atoms with Crippen LogP contribution in [0.4, 0.5) is 0 Å². The Kier molecular flexibility index (Phi) is 11.3. The van der Waals surface area contributed by atoms with Crippen LogP contribution in [0.15, 0.2) is 4.99 Å². The summed E-state index contributed by atoms with van der Waals surface area (Å²) in [7, 11) is 0. The van der Waals surface area contributed by atoms with E-state index in [9.17, 15) is 0 Å². The first kappa shape index (κ1) is 22.0. The molecule has 0 radical (unpaired) electrons. The monoisotopic (exact) mass is 452 g/mol. The molecule has 0 aliphatic carbocycles. The zero-order chi connectivity index (χ0) is 16.5. The van der Waals surface area contributed by atoms with E-state index in [1.165, 1.54) is 25.9 Å². The zero-order valence-corrected chi connectivity index (χ0v) is 18.1. The van der Waals surface area contributed by atoms with Gasteiger partial charge in [-0.25, -0.2) is 0 Å². The first-order chi connectivity index (χ1) is 11.2. The van der Waals surface area contributed by atoms with Crippen LogP contribution in [0.3, 0.4) is 0 Å². The van der Waals surface area contributed by atoms with Crippen LogP contribution in [0.25, 0.3) is 0 Å². The van der Waals surface area contributed by atoms with Crippen molar-refractivity contribution in [3.8, 4) is 0 Å². The molecule has 2 aliphatic heterocycles. The summed E-state index contributed by atoms with van der Waals surface area (Å²) in [6.45, 7) is 14.9. The number of halogens is 1. The molecule has 0 spiro atoms. The average molecular weight is 452 g/mol. The van der Waals surface area contributed by atoms with E-state index < -0.39 is 0 Å². The molecule has 0 bridgehead atoms. The molecule has 2 heterocycles. The second-order valence-electron chi connectivity index (χ2n) is 6.93. The highest BCUT2D eigenvalue weighted by Gasteiger charge is 2.21. The molecule has 0 aromatic rings. The fourth-order valence-electron chi connectivity index (χ4n) is 3.68. The maximum atomic E-state index is 5.75. The fraction of sp³-hybridized carbons (Fsp3) is 0.944. The standard InChI is InChI=1S/C18H36N4O.HI/c1-4-19-18(22-12-8-17(9-13-22)23-5-2)20-10-14-21-11-6-7-16(3)15-21;/h16-17H,4-15H2,1-3H3,(H,19,20);1H. The van der Waals surface area contributed by atoms with Gasteiger partial charge in [0.15, 0.2) is 5.96 Å². The third-order valence-electron chi connectivity index (χ3n) is 4.90. The average Bonchev–Trinajstić information content (AvgIpc) is 2.55. The van der Waals surface area contributed by atoms with Crippen molar-refractivity contribution in [2.45, 2.75) is 52.6 Å². The Balaban J connectivity index is 0.00000288. The first-order valence-corrected chi connectivity index (χ1v) is 9.60. The van der Waals surface area contributed by atoms with E-state index in [2.05, 4.69) is 35.9 Å². The first-order valence-electron chi connectivity index (χ1n) is 9.60. The van der Waals surface area contributed by atoms with Gasteiger partial charge in [0.2, 0.25) is 0 Å². The number of piperidine rings is 2. The Morgan fingerprint density at radius 3 is 2.54 bits per heavy atom. The summed E-state index contributed by atoms with van der Waals surface area (Å²) in [5.74, 6) is 1.94. The smallest absolute Gasteiger partial charge is 0.193 e. The summed E-state index contributed by atoms with van der Waals surface area (Å²) in [5.41, 5.74) is 0. The maximum absolute atomic E-state index is 5.75. The third kappa shape index (κ3) is 7.44. The number of rotatable bonds is 6. The molecule has 2 aliphatic rings. The van der Waals surface area contributed by atoms with Crippen molar-refractivity contribution in [2.24, 2.45) is 10.9 Å². The van der Waals surface area contributed by atoms with Crippen molar-refractivity contribution in [3.05, 3.63) is 0 Å². The second kappa shape index (κ2) is 12.3. The fourth-order valence-corrected chi connectivity index (χ4v) is 3.68. The molecule has 1 atom stereocenters. The molecule has 2 rings (SSSR count). The van der Waals surface area contributed by atoms with E-state index in [4.69, 9.17) is 9.73 Å². The number of guanidine groups is 1. The highest BCUT2D eigenvalue weighted by molar-refractivity contribution is 14.0. The Hall–Kier alpha value is -0.0800. The Bertz CT molecular complexity index is 359. The summed E-state index contributed by atoms with van der Waals surface area (Å²) in [4.78, 5) is 9.85. The van der Waals surface area contributed by atoms with Crippen LogP contribution >= 0.6 is 24.0 Å². The minimum Gasteiger partial charge on any atom is -0.378 e. The van der Waals surface area contributed by atoms with Gasteiger partial charge in [-0.3, -0.25) is 4.99 Å². The van der Waals surface area contributed by atoms with Crippen molar-refractivity contribution >= 4 is 29.9 Å². The molecule has 0 saturated carbocycles. The van der Waals surface area contributed by atoms with Crippen LogP contribution in [-0.4, -0.2) is 74.3 Å². The zero-order valence-electron chi connectivity index (χ0n) is 15.8. The number of aliphatic imine (C=N–C) groups is 1. The molecule has 1 N–H and O–H groups in total. The molecule has 2 fully saturated rings. The maximum Gasteiger partial charge on any atom is 0.193 e. The van der Waals surface area contributed by atoms with Crippen LogP contribution in [-0.2, 0) is 4.74 Å². The highest BCUT2D eigenvalue weighted by Crippen LogP contribution is 2.15. The van der Waals surface area contributed by atoms with Crippen LogP contribution in [0.5, 0.6) is 0 Å². The van der Waals surface area contributed by atoms with Crippen molar-refractivity contribution in [3.63, 3.8) is 0 Å². The lowest BCUT2D eigenvalue weighted by Crippen LogP contribution is -2.47. The molecule has 24 heavy (non-hydrogen) atoms. The van der Waals surface area contributed by atoms with E-state index in [0.29, 0.717) is 6.10 Å². The third-order valence-corrected chi connectivity index (χ3v) is 4.90. The molecule has 1 unspecified atom stereocenters. The van der Waals surface area contributed by atoms with Gasteiger partial charge in [0, 0.05) is 39.3 Å². The number of hydrogen-bond acceptors (Lipinski definition) is 3. The lowest BCUT2D eigenvalue weighted by Gasteiger charge is -2.34. The Labute approximate surface area is 165 Å². The largest absolute Gasteiger partial charge is 0.378 e. The predicted molar refractivity (Wildman–Crippen MR) is 112 cm³/mol. The van der Waals surface area contributed by atoms with Crippen LogP contribution < -0.4 is 5.32 Å². The summed E-state index contributed by atoms with van der Waals surface area (Å²) >= 11 is 0. The van der Waals surface area contributed by atoms with E-state index in [1.807, 2.05) is 0 Å². The van der Waals surface area contributed by atoms with Gasteiger partial charge in [0.25, 0.3) is 0 Å². The van der Waals surface area contributed by atoms with Crippen molar-refractivity contribution in [2.75, 3.05) is 52.4 Å². The molecule has 0 amide bonds. The molecular weight excluding hydrogens is 415 g/mol. The van der Waals surface area contributed by atoms with Crippen LogP contribution in [0.2, 0.25) is 0 Å². The number of ether oxygens (including phenoxy) is 1. The van der Waals surface area contributed by atoms with Crippen LogP contribution in [0, 0.1) is 5.92 Å². The van der Waals surface area contributed by atoms with Gasteiger partial charge in [0.1, 0.15) is 0 Å². The Morgan fingerprint density at radius 1 is 1.17 bits per heavy atom. The van der Waals surface area contributed by atoms with Gasteiger partial charge >= 0.3 is 0 Å². The quantitative estimate of drug-likeness (QED) is 0.382. The number of nitrogens with zero attached hydrogens (tertiary/aromatic N) is 3. The van der Waals surface area contributed by atoms with Crippen LogP contribution in [0.1, 0.15) is 46.5 Å². The van der Waals surface area contributed by atoms with Gasteiger partial charge in [-0.05, 0) is 52.0 Å². The second-order valence-corrected chi connectivity index (χ2v) is 6.93. The molecule has 6 heteroatoms. The minimum absolute atomic E-state index is 0. The molecule has 0 aromatic heterocycles. The summed E-state index contributed by atoms with van der Waals surface area (Å²) in [5, 5.41) is 3.46. The van der Waals surface area contributed by atoms with Gasteiger partial charge in [-0.15, -0.1) is 24.0 Å². The minimum atomic E-state index is 0. The normalized spacial score (nSPS) is 23.9. The topological polar surface area (TPSA) is 40.1 Å². The molecule has 5 nitrogen and oxygen atoms in total. The molecule has 142 valence electrons.